The Hall–Kier alpha value is -1.20. The maximum Gasteiger partial charge on any atom is 0.305 e. The first kappa shape index (κ1) is 23.5. The van der Waals surface area contributed by atoms with E-state index in [1.54, 1.807) is 0 Å². The second-order valence-corrected chi connectivity index (χ2v) is 9.74. The standard InChI is InChI=1S/C25H41NO4/c1-3-6-17-9-11-18(12-10-17)23(27)14-13-20-21-15-19(26-22(21)16-24(20)28)7-4-5-8-25(29)30-2/h13-14,17-18,20-24,27-28H,3-12,15-16H2,1-2H3/b14-13+/t17-,18+,20-,21-,22+,23?,24?/m1/s1. The lowest BCUT2D eigenvalue weighted by molar-refractivity contribution is -0.140. The van der Waals surface area contributed by atoms with Crippen LogP contribution < -0.4 is 0 Å². The number of aliphatic imine (C=N–C) groups is 1. The topological polar surface area (TPSA) is 79.1 Å². The SMILES string of the molecule is CCC[C@H]1CC[C@@H](C(O)/C=C/[C@H]2C(O)C[C@@H]3N=C(CCCCC(=O)OC)C[C@@H]32)CC1. The van der Waals surface area contributed by atoms with Gasteiger partial charge in [-0.25, -0.2) is 0 Å². The average molecular weight is 420 g/mol. The average Bonchev–Trinajstić information content (AvgIpc) is 3.26. The maximum absolute atomic E-state index is 11.2. The molecule has 0 amide bonds. The predicted molar refractivity (Wildman–Crippen MR) is 119 cm³/mol. The summed E-state index contributed by atoms with van der Waals surface area (Å²) in [4.78, 5) is 16.1. The molecule has 0 aromatic rings. The number of methoxy groups -OCH3 is 1. The monoisotopic (exact) mass is 419 g/mol. The molecule has 5 heteroatoms. The summed E-state index contributed by atoms with van der Waals surface area (Å²) >= 11 is 0. The van der Waals surface area contributed by atoms with Crippen LogP contribution in [-0.2, 0) is 9.53 Å². The third-order valence-electron chi connectivity index (χ3n) is 7.66. The Balaban J connectivity index is 1.44. The van der Waals surface area contributed by atoms with Gasteiger partial charge in [0.1, 0.15) is 0 Å². The summed E-state index contributed by atoms with van der Waals surface area (Å²) in [7, 11) is 1.43. The molecule has 0 radical (unpaired) electrons. The molecule has 0 aromatic heterocycles. The highest BCUT2D eigenvalue weighted by molar-refractivity contribution is 5.86. The minimum Gasteiger partial charge on any atom is -0.469 e. The summed E-state index contributed by atoms with van der Waals surface area (Å²) in [5.41, 5.74) is 1.23. The second kappa shape index (κ2) is 11.4. The Morgan fingerprint density at radius 3 is 2.73 bits per heavy atom. The molecule has 0 aromatic carbocycles. The third-order valence-corrected chi connectivity index (χ3v) is 7.66. The summed E-state index contributed by atoms with van der Waals surface area (Å²) in [6.45, 7) is 2.25. The Labute approximate surface area is 182 Å². The molecule has 0 bridgehead atoms. The fourth-order valence-corrected chi connectivity index (χ4v) is 5.87. The van der Waals surface area contributed by atoms with E-state index in [1.165, 1.54) is 38.5 Å². The lowest BCUT2D eigenvalue weighted by atomic mass is 9.77. The van der Waals surface area contributed by atoms with E-state index in [9.17, 15) is 15.0 Å². The van der Waals surface area contributed by atoms with Crippen LogP contribution in [0.4, 0.5) is 0 Å². The summed E-state index contributed by atoms with van der Waals surface area (Å²) in [6, 6.07) is 0.215. The Bertz CT molecular complexity index is 608. The number of carbonyl (C=O) groups is 1. The van der Waals surface area contributed by atoms with E-state index in [0.717, 1.165) is 50.9 Å². The third kappa shape index (κ3) is 6.16. The van der Waals surface area contributed by atoms with E-state index in [-0.39, 0.29) is 30.1 Å². The van der Waals surface area contributed by atoms with Crippen LogP contribution in [-0.4, -0.2) is 47.3 Å². The lowest BCUT2D eigenvalue weighted by Crippen LogP contribution is -2.25. The van der Waals surface area contributed by atoms with Crippen molar-refractivity contribution < 1.29 is 19.7 Å². The quantitative estimate of drug-likeness (QED) is 0.311. The number of aliphatic hydroxyl groups excluding tert-OH is 2. The number of fused-ring (bicyclic) bond motifs is 1. The fourth-order valence-electron chi connectivity index (χ4n) is 5.87. The highest BCUT2D eigenvalue weighted by atomic mass is 16.5. The number of unbranched alkanes of at least 4 members (excludes halogenated alkanes) is 1. The Kier molecular flexibility index (Phi) is 8.94. The normalized spacial score (nSPS) is 34.7. The number of hydrogen-bond acceptors (Lipinski definition) is 5. The van der Waals surface area contributed by atoms with Gasteiger partial charge in [-0.2, -0.15) is 0 Å². The van der Waals surface area contributed by atoms with Gasteiger partial charge in [0, 0.05) is 18.1 Å². The number of hydrogen-bond donors (Lipinski definition) is 2. The van der Waals surface area contributed by atoms with E-state index < -0.39 is 0 Å². The van der Waals surface area contributed by atoms with Gasteiger partial charge in [0.15, 0.2) is 0 Å². The molecule has 2 fully saturated rings. The van der Waals surface area contributed by atoms with Crippen LogP contribution in [0.5, 0.6) is 0 Å². The fraction of sp³-hybridized carbons (Fsp3) is 0.840. The smallest absolute Gasteiger partial charge is 0.305 e. The van der Waals surface area contributed by atoms with Gasteiger partial charge in [-0.1, -0.05) is 44.8 Å². The molecule has 3 aliphatic rings. The van der Waals surface area contributed by atoms with Crippen LogP contribution in [0, 0.1) is 23.7 Å². The van der Waals surface area contributed by atoms with E-state index >= 15 is 0 Å². The molecule has 1 aliphatic heterocycles. The molecule has 170 valence electrons. The van der Waals surface area contributed by atoms with Gasteiger partial charge in [0.2, 0.25) is 0 Å². The molecule has 2 unspecified atom stereocenters. The van der Waals surface area contributed by atoms with E-state index in [2.05, 4.69) is 17.7 Å². The molecule has 1 heterocycles. The number of ether oxygens (including phenoxy) is 1. The summed E-state index contributed by atoms with van der Waals surface area (Å²) < 4.78 is 4.69. The zero-order valence-electron chi connectivity index (χ0n) is 18.8. The van der Waals surface area contributed by atoms with Gasteiger partial charge in [0.25, 0.3) is 0 Å². The summed E-state index contributed by atoms with van der Waals surface area (Å²) in [5, 5.41) is 21.2. The van der Waals surface area contributed by atoms with Crippen molar-refractivity contribution in [2.24, 2.45) is 28.7 Å². The lowest BCUT2D eigenvalue weighted by Gasteiger charge is -2.30. The number of aliphatic hydroxyl groups is 2. The van der Waals surface area contributed by atoms with Crippen LogP contribution in [0.25, 0.3) is 0 Å². The van der Waals surface area contributed by atoms with E-state index in [1.807, 2.05) is 6.08 Å². The van der Waals surface area contributed by atoms with Gasteiger partial charge in [-0.15, -0.1) is 0 Å². The number of carbonyl (C=O) groups excluding carboxylic acids is 1. The first-order valence-corrected chi connectivity index (χ1v) is 12.2. The van der Waals surface area contributed by atoms with E-state index in [0.29, 0.717) is 18.3 Å². The van der Waals surface area contributed by atoms with Crippen molar-refractivity contribution >= 4 is 11.7 Å². The molecular weight excluding hydrogens is 378 g/mol. The highest BCUT2D eigenvalue weighted by Gasteiger charge is 2.44. The molecule has 30 heavy (non-hydrogen) atoms. The van der Waals surface area contributed by atoms with Crippen LogP contribution >= 0.6 is 0 Å². The first-order chi connectivity index (χ1) is 14.5. The molecule has 2 aliphatic carbocycles. The Morgan fingerprint density at radius 2 is 2.03 bits per heavy atom. The number of nitrogens with zero attached hydrogens (tertiary/aromatic N) is 1. The van der Waals surface area contributed by atoms with Crippen molar-refractivity contribution in [2.45, 2.75) is 102 Å². The molecular formula is C25H41NO4. The first-order valence-electron chi connectivity index (χ1n) is 12.2. The van der Waals surface area contributed by atoms with Gasteiger partial charge >= 0.3 is 5.97 Å². The van der Waals surface area contributed by atoms with Gasteiger partial charge in [-0.05, 0) is 62.7 Å². The Morgan fingerprint density at radius 1 is 1.27 bits per heavy atom. The van der Waals surface area contributed by atoms with Crippen molar-refractivity contribution in [3.05, 3.63) is 12.2 Å². The van der Waals surface area contributed by atoms with E-state index in [4.69, 9.17) is 4.99 Å². The minimum atomic E-state index is -0.390. The van der Waals surface area contributed by atoms with Crippen LogP contribution in [0.1, 0.15) is 84.0 Å². The molecule has 2 N–H and O–H groups in total. The van der Waals surface area contributed by atoms with Crippen LogP contribution in [0.15, 0.2) is 17.1 Å². The zero-order chi connectivity index (χ0) is 21.5. The van der Waals surface area contributed by atoms with Crippen molar-refractivity contribution in [3.63, 3.8) is 0 Å². The van der Waals surface area contributed by atoms with Gasteiger partial charge in [0.05, 0.1) is 25.4 Å². The molecule has 5 atom stereocenters. The molecule has 0 spiro atoms. The highest BCUT2D eigenvalue weighted by Crippen LogP contribution is 2.43. The van der Waals surface area contributed by atoms with Crippen molar-refractivity contribution in [1.82, 2.24) is 0 Å². The minimum absolute atomic E-state index is 0.0948. The molecule has 5 nitrogen and oxygen atoms in total. The largest absolute Gasteiger partial charge is 0.469 e. The van der Waals surface area contributed by atoms with Crippen LogP contribution in [0.3, 0.4) is 0 Å². The zero-order valence-corrected chi connectivity index (χ0v) is 18.8. The second-order valence-electron chi connectivity index (χ2n) is 9.74. The number of rotatable bonds is 10. The number of esters is 1. The molecule has 3 rings (SSSR count). The van der Waals surface area contributed by atoms with Crippen molar-refractivity contribution in [3.8, 4) is 0 Å². The summed E-state index contributed by atoms with van der Waals surface area (Å²) in [5.74, 6) is 1.53. The van der Waals surface area contributed by atoms with Gasteiger partial charge in [-0.3, -0.25) is 9.79 Å². The molecule has 2 saturated carbocycles. The predicted octanol–water partition coefficient (Wildman–Crippen LogP) is 4.45. The summed E-state index contributed by atoms with van der Waals surface area (Å²) in [6.07, 6.45) is 15.5. The van der Waals surface area contributed by atoms with Crippen molar-refractivity contribution in [2.75, 3.05) is 7.11 Å². The molecule has 0 saturated heterocycles. The van der Waals surface area contributed by atoms with Gasteiger partial charge < -0.3 is 14.9 Å². The maximum atomic E-state index is 11.2. The van der Waals surface area contributed by atoms with Crippen LogP contribution in [0.2, 0.25) is 0 Å². The van der Waals surface area contributed by atoms with Crippen molar-refractivity contribution in [1.29, 1.82) is 0 Å².